The number of hydrogen-bond donors (Lipinski definition) is 0. The number of hydrogen-bond acceptors (Lipinski definition) is 6. The molecule has 13 heteroatoms. The molecule has 0 spiro atoms. The molecular formula is C35H75BBrClN4O6. The second-order valence-corrected chi connectivity index (χ2v) is 13.6. The highest BCUT2D eigenvalue weighted by Crippen LogP contribution is 2.29. The summed E-state index contributed by atoms with van der Waals surface area (Å²) in [4.78, 5) is 10.5. The Kier molecular flexibility index (Phi) is 37.6. The van der Waals surface area contributed by atoms with Crippen LogP contribution < -0.4 is 24.5 Å². The molecule has 1 aromatic rings. The van der Waals surface area contributed by atoms with Crippen LogP contribution in [0.1, 0.15) is 93.4 Å². The summed E-state index contributed by atoms with van der Waals surface area (Å²) in [6, 6.07) is 4.51. The molecule has 0 aliphatic carbocycles. The molecule has 0 amide bonds. The number of carbonyl (C=O) groups is 1. The molecule has 0 radical (unpaired) electrons. The van der Waals surface area contributed by atoms with Gasteiger partial charge in [-0.1, -0.05) is 6.07 Å². The van der Waals surface area contributed by atoms with E-state index in [-0.39, 0.29) is 11.3 Å². The van der Waals surface area contributed by atoms with Gasteiger partial charge in [0.05, 0.1) is 117 Å². The van der Waals surface area contributed by atoms with Gasteiger partial charge in [-0.05, 0) is 111 Å². The van der Waals surface area contributed by atoms with E-state index in [1.165, 1.54) is 103 Å². The molecule has 0 aliphatic rings. The molecule has 1 aromatic carbocycles. The quantitative estimate of drug-likeness (QED) is 0.212. The summed E-state index contributed by atoms with van der Waals surface area (Å²) >= 11 is 8.14. The fraction of sp³-hybridized carbons (Fsp3) is 0.800. The second kappa shape index (κ2) is 32.0. The molecular weight excluding hydrogens is 699 g/mol. The lowest BCUT2D eigenvalue weighted by Crippen LogP contribution is -2.56. The predicted octanol–water partition coefficient (Wildman–Crippen LogP) is 3.37. The van der Waals surface area contributed by atoms with Crippen LogP contribution in [0.2, 0.25) is 0 Å². The number of aromatic carboxylic acids is 1. The maximum Gasteiger partial charge on any atom is 0.169 e. The zero-order valence-electron chi connectivity index (χ0n) is 33.8. The average molecular weight is 774 g/mol. The van der Waals surface area contributed by atoms with E-state index in [1.807, 2.05) is 0 Å². The molecule has 0 aliphatic heterocycles. The van der Waals surface area contributed by atoms with Gasteiger partial charge < -0.3 is 47.2 Å². The summed E-state index contributed by atoms with van der Waals surface area (Å²) < 4.78 is 9.65. The van der Waals surface area contributed by atoms with Crippen LogP contribution in [-0.2, 0) is 0 Å². The first-order valence-electron chi connectivity index (χ1n) is 17.7. The van der Waals surface area contributed by atoms with Gasteiger partial charge in [0, 0.05) is 5.56 Å². The van der Waals surface area contributed by atoms with Crippen molar-refractivity contribution in [3.05, 3.63) is 28.2 Å². The fourth-order valence-electron chi connectivity index (χ4n) is 3.43. The molecule has 0 unspecified atom stereocenters. The molecule has 0 heterocycles. The van der Waals surface area contributed by atoms with E-state index in [0.29, 0.717) is 4.47 Å². The molecule has 0 saturated carbocycles. The van der Waals surface area contributed by atoms with Crippen LogP contribution in [0.5, 0.6) is 5.75 Å². The number of carboxylic acids is 1. The molecule has 0 atom stereocenters. The fourth-order valence-corrected chi connectivity index (χ4v) is 4.14. The molecule has 0 N–H and O–H groups in total. The Bertz CT molecular complexity index is 779. The first-order chi connectivity index (χ1) is 22.1. The highest BCUT2D eigenvalue weighted by Gasteiger charge is 2.13. The van der Waals surface area contributed by atoms with Crippen molar-refractivity contribution < 1.29 is 47.2 Å². The van der Waals surface area contributed by atoms with E-state index < -0.39 is 13.3 Å². The van der Waals surface area contributed by atoms with Crippen molar-refractivity contribution >= 4 is 41.1 Å². The van der Waals surface area contributed by atoms with E-state index in [1.54, 1.807) is 12.1 Å². The average Bonchev–Trinajstić information content (AvgIpc) is 3.10. The first kappa shape index (κ1) is 56.4. The van der Waals surface area contributed by atoms with Gasteiger partial charge in [0.2, 0.25) is 0 Å². The van der Waals surface area contributed by atoms with E-state index in [9.17, 15) is 9.90 Å². The van der Waals surface area contributed by atoms with Gasteiger partial charge >= 0.3 is 0 Å². The van der Waals surface area contributed by atoms with Crippen LogP contribution in [0.25, 0.3) is 0 Å². The number of para-hydroxylation sites is 1. The van der Waals surface area contributed by atoms with Crippen LogP contribution in [0.4, 0.5) is 0 Å². The number of carboxylic acid groups (broad SMARTS) is 1. The molecule has 0 bridgehead atoms. The Hall–Kier alpha value is -0.955. The summed E-state index contributed by atoms with van der Waals surface area (Å²) in [5, 5.41) is 35.7. The van der Waals surface area contributed by atoms with Crippen LogP contribution in [0.3, 0.4) is 0 Å². The Labute approximate surface area is 311 Å². The van der Waals surface area contributed by atoms with Crippen LogP contribution in [-0.4, -0.2) is 138 Å². The van der Waals surface area contributed by atoms with Gasteiger partial charge in [-0.15, -0.1) is 0 Å². The third-order valence-corrected chi connectivity index (χ3v) is 11.2. The van der Waals surface area contributed by atoms with Crippen molar-refractivity contribution in [2.24, 2.45) is 0 Å². The SMILES string of the molecule is CC[N+](C)(CC)CC.CC[N+](C)(CC)CC.CC[N+](C)(CC)CC.CC[N+](C)(CC)CC.O=C([O-])c1cccc(Br)c1OCl.[O-]B([O-])[O-]. The lowest BCUT2D eigenvalue weighted by molar-refractivity contribution is -0.904. The summed E-state index contributed by atoms with van der Waals surface area (Å²) in [5.74, 6) is -1.27. The van der Waals surface area contributed by atoms with Crippen molar-refractivity contribution in [1.82, 2.24) is 0 Å². The number of rotatable bonds is 14. The van der Waals surface area contributed by atoms with Crippen molar-refractivity contribution in [2.75, 3.05) is 107 Å². The van der Waals surface area contributed by atoms with E-state index >= 15 is 0 Å². The molecule has 0 fully saturated rings. The Morgan fingerprint density at radius 1 is 0.604 bits per heavy atom. The minimum atomic E-state index is -2.92. The third kappa shape index (κ3) is 28.8. The predicted molar refractivity (Wildman–Crippen MR) is 202 cm³/mol. The monoisotopic (exact) mass is 772 g/mol. The zero-order valence-corrected chi connectivity index (χ0v) is 36.1. The van der Waals surface area contributed by atoms with Gasteiger partial charge in [-0.2, -0.15) is 0 Å². The van der Waals surface area contributed by atoms with Gasteiger partial charge in [0.25, 0.3) is 0 Å². The van der Waals surface area contributed by atoms with Crippen molar-refractivity contribution in [3.63, 3.8) is 0 Å². The summed E-state index contributed by atoms with van der Waals surface area (Å²) in [6.07, 6.45) is 0. The third-order valence-electron chi connectivity index (χ3n) is 10.4. The maximum atomic E-state index is 10.5. The lowest BCUT2D eigenvalue weighted by Gasteiger charge is -2.35. The van der Waals surface area contributed by atoms with E-state index in [0.717, 1.165) is 0 Å². The first-order valence-corrected chi connectivity index (χ1v) is 18.8. The van der Waals surface area contributed by atoms with E-state index in [4.69, 9.17) is 26.9 Å². The standard InChI is InChI=1S/C7H4BrClO3.4C7H18N.BO3/c8-5-3-1-2-4(7(10)11)6(5)12-9;4*1-5-8(4,6-2)7-3;2-1(3)4/h1-3H,(H,10,11);4*5-7H2,1-4H3;/q;4*+1;-3/p-1. The number of carbonyl (C=O) groups excluding carboxylic acids is 1. The van der Waals surface area contributed by atoms with E-state index in [2.05, 4.69) is 131 Å². The number of nitrogens with zero attached hydrogens (tertiary/aromatic N) is 4. The smallest absolute Gasteiger partial charge is 0.169 e. The summed E-state index contributed by atoms with van der Waals surface area (Å²) in [6.45, 7) is 42.0. The summed E-state index contributed by atoms with van der Waals surface area (Å²) in [7, 11) is 6.25. The van der Waals surface area contributed by atoms with Crippen LogP contribution >= 0.6 is 27.8 Å². The van der Waals surface area contributed by atoms with Gasteiger partial charge in [-0.3, -0.25) is 7.32 Å². The normalized spacial score (nSPS) is 10.9. The summed E-state index contributed by atoms with van der Waals surface area (Å²) in [5.41, 5.74) is -0.0839. The Balaban J connectivity index is -0.000000158. The molecule has 10 nitrogen and oxygen atoms in total. The number of halogens is 2. The van der Waals surface area contributed by atoms with Gasteiger partial charge in [-0.25, -0.2) is 0 Å². The molecule has 48 heavy (non-hydrogen) atoms. The number of benzene rings is 1. The molecule has 0 aromatic heterocycles. The minimum Gasteiger partial charge on any atom is -0.907 e. The second-order valence-electron chi connectivity index (χ2n) is 12.5. The molecule has 0 saturated heterocycles. The van der Waals surface area contributed by atoms with Crippen molar-refractivity contribution in [1.29, 1.82) is 0 Å². The van der Waals surface area contributed by atoms with Crippen molar-refractivity contribution in [3.8, 4) is 5.75 Å². The highest BCUT2D eigenvalue weighted by atomic mass is 79.9. The molecule has 1 rings (SSSR count). The zero-order chi connectivity index (χ0) is 39.2. The largest absolute Gasteiger partial charge is 0.907 e. The minimum absolute atomic E-state index is 0.0548. The Morgan fingerprint density at radius 3 is 0.917 bits per heavy atom. The van der Waals surface area contributed by atoms with Crippen LogP contribution in [0, 0.1) is 0 Å². The molecule has 288 valence electrons. The topological polar surface area (TPSA) is 119 Å². The lowest BCUT2D eigenvalue weighted by atomic mass is 10.2. The van der Waals surface area contributed by atoms with Crippen molar-refractivity contribution in [2.45, 2.75) is 83.1 Å². The van der Waals surface area contributed by atoms with Gasteiger partial charge in [0.15, 0.2) is 5.75 Å². The van der Waals surface area contributed by atoms with Crippen LogP contribution in [0.15, 0.2) is 22.7 Å². The maximum absolute atomic E-state index is 10.5. The Morgan fingerprint density at radius 2 is 0.812 bits per heavy atom. The van der Waals surface area contributed by atoms with Gasteiger partial charge in [0.1, 0.15) is 11.9 Å². The highest BCUT2D eigenvalue weighted by molar-refractivity contribution is 9.10. The number of quaternary nitrogens is 4.